The Labute approximate surface area is 70.8 Å². The molecule has 0 aromatic carbocycles. The molecule has 1 rings (SSSR count). The predicted octanol–water partition coefficient (Wildman–Crippen LogP) is 0.944. The van der Waals surface area contributed by atoms with Crippen LogP contribution < -0.4 is 5.56 Å². The van der Waals surface area contributed by atoms with Crippen LogP contribution in [0, 0.1) is 5.95 Å². The number of H-pyrrole nitrogens is 1. The topological polar surface area (TPSA) is 53.1 Å². The number of hydrogen-bond acceptors (Lipinski definition) is 2. The van der Waals surface area contributed by atoms with Gasteiger partial charge in [-0.05, 0) is 6.07 Å². The number of hydrogen-bond donors (Lipinski definition) is 2. The van der Waals surface area contributed by atoms with E-state index >= 15 is 0 Å². The number of halogens is 3. The monoisotopic (exact) mass is 193 g/mol. The summed E-state index contributed by atoms with van der Waals surface area (Å²) in [6.45, 7) is -0.699. The van der Waals surface area contributed by atoms with Gasteiger partial charge in [-0.15, -0.1) is 0 Å². The number of rotatable bonds is 2. The number of aliphatic hydroxyl groups is 1. The summed E-state index contributed by atoms with van der Waals surface area (Å²) in [5, 5.41) is 8.53. The molecule has 72 valence electrons. The molecule has 0 aliphatic heterocycles. The third-order valence-electron chi connectivity index (χ3n) is 1.50. The maximum atomic E-state index is 12.6. The van der Waals surface area contributed by atoms with E-state index in [0.29, 0.717) is 6.07 Å². The summed E-state index contributed by atoms with van der Waals surface area (Å²) in [5.41, 5.74) is -2.09. The third-order valence-corrected chi connectivity index (χ3v) is 1.50. The van der Waals surface area contributed by atoms with E-state index in [1.54, 1.807) is 4.98 Å². The van der Waals surface area contributed by atoms with Gasteiger partial charge in [0.2, 0.25) is 5.95 Å². The van der Waals surface area contributed by atoms with E-state index in [4.69, 9.17) is 5.11 Å². The Bertz CT molecular complexity index is 361. The van der Waals surface area contributed by atoms with Gasteiger partial charge in [-0.1, -0.05) is 0 Å². The first kappa shape index (κ1) is 9.79. The Morgan fingerprint density at radius 2 is 2.15 bits per heavy atom. The lowest BCUT2D eigenvalue weighted by molar-refractivity contribution is 0.144. The molecular weight excluding hydrogens is 187 g/mol. The molecular formula is C7H6F3NO2. The zero-order valence-electron chi connectivity index (χ0n) is 6.35. The summed E-state index contributed by atoms with van der Waals surface area (Å²) in [5.74, 6) is -1.36. The quantitative estimate of drug-likeness (QED) is 0.687. The van der Waals surface area contributed by atoms with E-state index in [0.717, 1.165) is 0 Å². The highest BCUT2D eigenvalue weighted by Gasteiger charge is 2.15. The molecule has 0 fully saturated rings. The molecule has 0 unspecified atom stereocenters. The largest absolute Gasteiger partial charge is 0.391 e. The molecule has 0 bridgehead atoms. The van der Waals surface area contributed by atoms with Crippen LogP contribution in [0.25, 0.3) is 0 Å². The molecule has 1 aromatic rings. The van der Waals surface area contributed by atoms with E-state index in [9.17, 15) is 18.0 Å². The van der Waals surface area contributed by atoms with Gasteiger partial charge in [-0.3, -0.25) is 9.78 Å². The summed E-state index contributed by atoms with van der Waals surface area (Å²) in [4.78, 5) is 12.3. The maximum absolute atomic E-state index is 12.6. The summed E-state index contributed by atoms with van der Waals surface area (Å²) in [6.07, 6.45) is -3.01. The van der Waals surface area contributed by atoms with E-state index < -0.39 is 30.1 Å². The Balaban J connectivity index is 3.31. The Morgan fingerprint density at radius 3 is 2.62 bits per heavy atom. The molecule has 6 heteroatoms. The van der Waals surface area contributed by atoms with Crippen LogP contribution in [0.1, 0.15) is 17.6 Å². The Kier molecular flexibility index (Phi) is 2.72. The van der Waals surface area contributed by atoms with Crippen LogP contribution >= 0.6 is 0 Å². The number of aromatic amines is 1. The van der Waals surface area contributed by atoms with Gasteiger partial charge in [-0.25, -0.2) is 8.78 Å². The van der Waals surface area contributed by atoms with Crippen molar-refractivity contribution in [1.29, 1.82) is 0 Å². The van der Waals surface area contributed by atoms with Crippen molar-refractivity contribution in [3.8, 4) is 0 Å². The van der Waals surface area contributed by atoms with E-state index in [-0.39, 0.29) is 5.56 Å². The second kappa shape index (κ2) is 3.61. The van der Waals surface area contributed by atoms with Gasteiger partial charge in [0, 0.05) is 5.56 Å². The van der Waals surface area contributed by atoms with Gasteiger partial charge >= 0.3 is 0 Å². The average molecular weight is 193 g/mol. The molecule has 0 radical (unpaired) electrons. The second-order valence-electron chi connectivity index (χ2n) is 2.35. The summed E-state index contributed by atoms with van der Waals surface area (Å²) >= 11 is 0. The van der Waals surface area contributed by atoms with Gasteiger partial charge < -0.3 is 5.11 Å². The third kappa shape index (κ3) is 1.89. The Morgan fingerprint density at radius 1 is 1.54 bits per heavy atom. The highest BCUT2D eigenvalue weighted by molar-refractivity contribution is 5.19. The molecule has 3 nitrogen and oxygen atoms in total. The zero-order chi connectivity index (χ0) is 10.0. The van der Waals surface area contributed by atoms with Crippen LogP contribution in [0.2, 0.25) is 0 Å². The van der Waals surface area contributed by atoms with Crippen molar-refractivity contribution in [2.24, 2.45) is 0 Å². The Hall–Kier alpha value is -1.30. The number of alkyl halides is 2. The predicted molar refractivity (Wildman–Crippen MR) is 37.9 cm³/mol. The van der Waals surface area contributed by atoms with Crippen molar-refractivity contribution < 1.29 is 18.3 Å². The van der Waals surface area contributed by atoms with Crippen LogP contribution in [-0.2, 0) is 6.61 Å². The van der Waals surface area contributed by atoms with Crippen molar-refractivity contribution in [2.45, 2.75) is 13.0 Å². The molecule has 2 N–H and O–H groups in total. The highest BCUT2D eigenvalue weighted by Crippen LogP contribution is 2.20. The molecule has 0 aliphatic carbocycles. The number of aromatic nitrogens is 1. The van der Waals surface area contributed by atoms with Crippen LogP contribution in [0.15, 0.2) is 10.9 Å². The molecule has 0 atom stereocenters. The maximum Gasteiger partial charge on any atom is 0.268 e. The van der Waals surface area contributed by atoms with E-state index in [1.165, 1.54) is 0 Å². The number of pyridine rings is 1. The lowest BCUT2D eigenvalue weighted by atomic mass is 10.2. The number of aliphatic hydroxyl groups excluding tert-OH is 1. The summed E-state index contributed by atoms with van der Waals surface area (Å²) < 4.78 is 36.7. The molecule has 1 heterocycles. The summed E-state index contributed by atoms with van der Waals surface area (Å²) in [6, 6.07) is 0.652. The SMILES string of the molecule is O=c1[nH]c(F)c(C(F)F)cc1CO. The van der Waals surface area contributed by atoms with Gasteiger partial charge in [-0.2, -0.15) is 4.39 Å². The van der Waals surface area contributed by atoms with Crippen LogP contribution in [0.4, 0.5) is 13.2 Å². The van der Waals surface area contributed by atoms with Gasteiger partial charge in [0.1, 0.15) is 0 Å². The first-order valence-corrected chi connectivity index (χ1v) is 3.37. The minimum atomic E-state index is -3.01. The fourth-order valence-corrected chi connectivity index (χ4v) is 0.845. The zero-order valence-corrected chi connectivity index (χ0v) is 6.35. The molecule has 0 aliphatic rings. The minimum absolute atomic E-state index is 0.281. The molecule has 0 saturated heterocycles. The first-order valence-electron chi connectivity index (χ1n) is 3.37. The van der Waals surface area contributed by atoms with Crippen molar-refractivity contribution in [1.82, 2.24) is 4.98 Å². The highest BCUT2D eigenvalue weighted by atomic mass is 19.3. The van der Waals surface area contributed by atoms with Crippen molar-refractivity contribution in [3.05, 3.63) is 33.5 Å². The lowest BCUT2D eigenvalue weighted by Gasteiger charge is -2.02. The fourth-order valence-electron chi connectivity index (χ4n) is 0.845. The van der Waals surface area contributed by atoms with Crippen molar-refractivity contribution >= 4 is 0 Å². The molecule has 1 aromatic heterocycles. The van der Waals surface area contributed by atoms with Crippen LogP contribution in [0.5, 0.6) is 0 Å². The van der Waals surface area contributed by atoms with Gasteiger partial charge in [0.25, 0.3) is 12.0 Å². The fraction of sp³-hybridized carbons (Fsp3) is 0.286. The summed E-state index contributed by atoms with van der Waals surface area (Å²) in [7, 11) is 0. The van der Waals surface area contributed by atoms with Crippen molar-refractivity contribution in [2.75, 3.05) is 0 Å². The molecule has 13 heavy (non-hydrogen) atoms. The van der Waals surface area contributed by atoms with E-state index in [1.807, 2.05) is 0 Å². The van der Waals surface area contributed by atoms with Gasteiger partial charge in [0.15, 0.2) is 0 Å². The van der Waals surface area contributed by atoms with Crippen LogP contribution in [-0.4, -0.2) is 10.1 Å². The number of nitrogens with one attached hydrogen (secondary N) is 1. The van der Waals surface area contributed by atoms with E-state index in [2.05, 4.69) is 0 Å². The normalized spacial score (nSPS) is 10.8. The standard InChI is InChI=1S/C7H6F3NO2/c8-5(9)4-1-3(2-12)7(13)11-6(4)10/h1,5,12H,2H2,(H,11,13). The smallest absolute Gasteiger partial charge is 0.268 e. The van der Waals surface area contributed by atoms with Crippen LogP contribution in [0.3, 0.4) is 0 Å². The van der Waals surface area contributed by atoms with Gasteiger partial charge in [0.05, 0.1) is 12.2 Å². The lowest BCUT2D eigenvalue weighted by Crippen LogP contribution is -2.16. The average Bonchev–Trinajstić information content (AvgIpc) is 2.03. The second-order valence-corrected chi connectivity index (χ2v) is 2.35. The molecule has 0 spiro atoms. The van der Waals surface area contributed by atoms with Crippen molar-refractivity contribution in [3.63, 3.8) is 0 Å². The molecule has 0 saturated carbocycles. The minimum Gasteiger partial charge on any atom is -0.391 e. The first-order chi connectivity index (χ1) is 6.06. The molecule has 0 amide bonds.